The Labute approximate surface area is 191 Å². The van der Waals surface area contributed by atoms with E-state index in [4.69, 9.17) is 10.5 Å². The number of rotatable bonds is 12. The lowest BCUT2D eigenvalue weighted by molar-refractivity contribution is -0.383. The van der Waals surface area contributed by atoms with Crippen molar-refractivity contribution in [2.45, 2.75) is 25.9 Å². The molecule has 0 bridgehead atoms. The molecule has 3 rings (SSSR count). The Bertz CT molecular complexity index is 981. The van der Waals surface area contributed by atoms with Gasteiger partial charge in [-0.2, -0.15) is 9.97 Å². The van der Waals surface area contributed by atoms with Gasteiger partial charge in [0.25, 0.3) is 0 Å². The van der Waals surface area contributed by atoms with Crippen molar-refractivity contribution in [3.05, 3.63) is 45.5 Å². The van der Waals surface area contributed by atoms with Crippen LogP contribution in [0.25, 0.3) is 0 Å². The molecular weight excluding hydrogens is 430 g/mol. The highest BCUT2D eigenvalue weighted by atomic mass is 16.6. The van der Waals surface area contributed by atoms with E-state index >= 15 is 0 Å². The van der Waals surface area contributed by atoms with Gasteiger partial charge >= 0.3 is 11.7 Å². The summed E-state index contributed by atoms with van der Waals surface area (Å²) in [5.41, 5.74) is 7.25. The number of ether oxygens (including phenoxy) is 1. The van der Waals surface area contributed by atoms with E-state index in [2.05, 4.69) is 20.2 Å². The molecule has 0 radical (unpaired) electrons. The number of aliphatic carboxylic acids is 1. The second-order valence-electron chi connectivity index (χ2n) is 7.83. The molecule has 12 heteroatoms. The maximum atomic E-state index is 11.7. The average molecular weight is 460 g/mol. The van der Waals surface area contributed by atoms with Crippen molar-refractivity contribution in [3.8, 4) is 0 Å². The monoisotopic (exact) mass is 459 g/mol. The van der Waals surface area contributed by atoms with Crippen molar-refractivity contribution in [3.63, 3.8) is 0 Å². The van der Waals surface area contributed by atoms with Crippen LogP contribution in [0.3, 0.4) is 0 Å². The molecule has 1 fully saturated rings. The van der Waals surface area contributed by atoms with Gasteiger partial charge in [-0.3, -0.25) is 19.8 Å². The minimum atomic E-state index is -1.15. The van der Waals surface area contributed by atoms with Gasteiger partial charge in [0.15, 0.2) is 0 Å². The van der Waals surface area contributed by atoms with Crippen LogP contribution < -0.4 is 16.0 Å². The number of methoxy groups -OCH3 is 1. The number of likely N-dealkylation sites (tertiary alicyclic amines) is 1. The second kappa shape index (κ2) is 11.4. The van der Waals surface area contributed by atoms with Gasteiger partial charge < -0.3 is 25.8 Å². The normalized spacial score (nSPS) is 13.7. The molecule has 1 aromatic heterocycles. The summed E-state index contributed by atoms with van der Waals surface area (Å²) in [7, 11) is 1.53. The molecule has 1 aliphatic rings. The predicted molar refractivity (Wildman–Crippen MR) is 123 cm³/mol. The lowest BCUT2D eigenvalue weighted by Crippen LogP contribution is -2.31. The third kappa shape index (κ3) is 6.73. The molecule has 0 amide bonds. The summed E-state index contributed by atoms with van der Waals surface area (Å²) in [4.78, 5) is 34.5. The Morgan fingerprint density at radius 2 is 2.06 bits per heavy atom. The first-order valence-corrected chi connectivity index (χ1v) is 10.7. The van der Waals surface area contributed by atoms with Gasteiger partial charge in [0, 0.05) is 26.7 Å². The van der Waals surface area contributed by atoms with E-state index in [0.29, 0.717) is 13.2 Å². The number of carbonyl (C=O) groups is 1. The molecule has 2 aromatic rings. The number of aromatic nitrogens is 2. The van der Waals surface area contributed by atoms with Gasteiger partial charge in [0.2, 0.25) is 17.6 Å². The highest BCUT2D eigenvalue weighted by Gasteiger charge is 2.29. The van der Waals surface area contributed by atoms with Gasteiger partial charge in [-0.15, -0.1) is 0 Å². The zero-order valence-electron chi connectivity index (χ0n) is 18.6. The Hall–Kier alpha value is -3.51. The Morgan fingerprint density at radius 3 is 2.73 bits per heavy atom. The first-order valence-electron chi connectivity index (χ1n) is 10.7. The van der Waals surface area contributed by atoms with Crippen LogP contribution in [-0.2, 0) is 22.6 Å². The number of benzene rings is 1. The summed E-state index contributed by atoms with van der Waals surface area (Å²) in [5.74, 6) is -1.59. The van der Waals surface area contributed by atoms with Gasteiger partial charge in [0.1, 0.15) is 6.54 Å². The molecule has 1 saturated heterocycles. The smallest absolute Gasteiger partial charge is 0.353 e. The summed E-state index contributed by atoms with van der Waals surface area (Å²) in [6, 6.07) is 7.77. The van der Waals surface area contributed by atoms with Gasteiger partial charge in [-0.05, 0) is 37.1 Å². The molecule has 2 heterocycles. The van der Waals surface area contributed by atoms with Gasteiger partial charge in [-0.25, -0.2) is 0 Å². The lowest BCUT2D eigenvalue weighted by atomic mass is 10.1. The highest BCUT2D eigenvalue weighted by molar-refractivity contribution is 5.78. The van der Waals surface area contributed by atoms with Crippen LogP contribution in [0.1, 0.15) is 24.0 Å². The number of nitrogens with zero attached hydrogens (tertiary/aromatic N) is 5. The van der Waals surface area contributed by atoms with Crippen LogP contribution in [-0.4, -0.2) is 70.8 Å². The van der Waals surface area contributed by atoms with Crippen LogP contribution in [0.4, 0.5) is 23.3 Å². The van der Waals surface area contributed by atoms with E-state index in [-0.39, 0.29) is 24.1 Å². The van der Waals surface area contributed by atoms with Crippen molar-refractivity contribution in [1.29, 1.82) is 0 Å². The molecule has 33 heavy (non-hydrogen) atoms. The van der Waals surface area contributed by atoms with Crippen LogP contribution >= 0.6 is 0 Å². The number of hydrogen-bond acceptors (Lipinski definition) is 10. The predicted octanol–water partition coefficient (Wildman–Crippen LogP) is 1.71. The number of anilines is 3. The number of nitrogens with one attached hydrogen (secondary N) is 1. The van der Waals surface area contributed by atoms with Crippen molar-refractivity contribution < 1.29 is 19.6 Å². The molecule has 0 saturated carbocycles. The number of carboxylic acids is 1. The molecule has 1 aliphatic heterocycles. The van der Waals surface area contributed by atoms with E-state index in [1.54, 1.807) is 0 Å². The SMILES string of the molecule is COCCNc1nc(N)c([N+](=O)[O-])c(N(CC(=O)O)Cc2cccc(CN3CCCC3)c2)n1. The standard InChI is InChI=1S/C21H29N7O5/c1-33-10-7-23-21-24-19(22)18(28(31)32)20(25-21)27(14-17(29)30)13-16-6-4-5-15(11-16)12-26-8-2-3-9-26/h4-6,11H,2-3,7-10,12-14H2,1H3,(H,29,30)(H3,22,23,24,25). The molecule has 0 spiro atoms. The zero-order chi connectivity index (χ0) is 23.8. The quantitative estimate of drug-likeness (QED) is 0.241. The summed E-state index contributed by atoms with van der Waals surface area (Å²) in [6.07, 6.45) is 2.37. The van der Waals surface area contributed by atoms with Crippen LogP contribution in [0.15, 0.2) is 24.3 Å². The van der Waals surface area contributed by atoms with Crippen LogP contribution in [0, 0.1) is 10.1 Å². The summed E-state index contributed by atoms with van der Waals surface area (Å²) >= 11 is 0. The van der Waals surface area contributed by atoms with E-state index in [9.17, 15) is 20.0 Å². The molecule has 1 aromatic carbocycles. The maximum absolute atomic E-state index is 11.7. The third-order valence-electron chi connectivity index (χ3n) is 5.26. The van der Waals surface area contributed by atoms with Crippen molar-refractivity contribution in [2.75, 3.05) is 55.8 Å². The number of nitrogens with two attached hydrogens (primary N) is 1. The Kier molecular flexibility index (Phi) is 8.33. The van der Waals surface area contributed by atoms with Gasteiger partial charge in [0.05, 0.1) is 11.5 Å². The molecule has 0 unspecified atom stereocenters. The average Bonchev–Trinajstić information content (AvgIpc) is 3.26. The lowest BCUT2D eigenvalue weighted by Gasteiger charge is -2.23. The maximum Gasteiger partial charge on any atom is 0.353 e. The molecule has 4 N–H and O–H groups in total. The third-order valence-corrected chi connectivity index (χ3v) is 5.26. The number of nitro groups is 1. The zero-order valence-corrected chi connectivity index (χ0v) is 18.6. The highest BCUT2D eigenvalue weighted by Crippen LogP contribution is 2.33. The Balaban J connectivity index is 1.91. The van der Waals surface area contributed by atoms with Crippen molar-refractivity contribution in [1.82, 2.24) is 14.9 Å². The minimum absolute atomic E-state index is 0.0586. The van der Waals surface area contributed by atoms with E-state index in [0.717, 1.165) is 30.8 Å². The summed E-state index contributed by atoms with van der Waals surface area (Å²) in [6.45, 7) is 3.24. The fraction of sp³-hybridized carbons (Fsp3) is 0.476. The molecule has 178 valence electrons. The number of carboxylic acid groups (broad SMARTS) is 1. The van der Waals surface area contributed by atoms with Gasteiger partial charge in [-0.1, -0.05) is 24.3 Å². The van der Waals surface area contributed by atoms with Crippen molar-refractivity contribution >= 4 is 29.2 Å². The second-order valence-corrected chi connectivity index (χ2v) is 7.83. The topological polar surface area (TPSA) is 160 Å². The van der Waals surface area contributed by atoms with Crippen LogP contribution in [0.2, 0.25) is 0 Å². The minimum Gasteiger partial charge on any atom is -0.480 e. The van der Waals surface area contributed by atoms with E-state index < -0.39 is 23.1 Å². The van der Waals surface area contributed by atoms with E-state index in [1.807, 2.05) is 24.3 Å². The first-order chi connectivity index (χ1) is 15.9. The summed E-state index contributed by atoms with van der Waals surface area (Å²) in [5, 5.41) is 24.1. The fourth-order valence-corrected chi connectivity index (χ4v) is 3.81. The fourth-order valence-electron chi connectivity index (χ4n) is 3.81. The number of nitrogen functional groups attached to an aromatic ring is 1. The molecule has 0 aliphatic carbocycles. The Morgan fingerprint density at radius 1 is 1.33 bits per heavy atom. The van der Waals surface area contributed by atoms with E-state index in [1.165, 1.54) is 24.9 Å². The first kappa shape index (κ1) is 24.1. The molecular formula is C21H29N7O5. The largest absolute Gasteiger partial charge is 0.480 e. The summed E-state index contributed by atoms with van der Waals surface area (Å²) < 4.78 is 4.97. The molecule has 0 atom stereocenters. The van der Waals surface area contributed by atoms with Crippen molar-refractivity contribution in [2.24, 2.45) is 0 Å². The number of hydrogen-bond donors (Lipinski definition) is 3. The van der Waals surface area contributed by atoms with Crippen LogP contribution in [0.5, 0.6) is 0 Å². The molecule has 12 nitrogen and oxygen atoms in total.